The summed E-state index contributed by atoms with van der Waals surface area (Å²) >= 11 is 3.31. The molecule has 1 aliphatic rings. The summed E-state index contributed by atoms with van der Waals surface area (Å²) in [5.41, 5.74) is 0. The Balaban J connectivity index is 2.20. The van der Waals surface area contributed by atoms with Crippen LogP contribution in [0.3, 0.4) is 0 Å². The first kappa shape index (κ1) is 9.99. The summed E-state index contributed by atoms with van der Waals surface area (Å²) in [7, 11) is 0. The number of hydrogen-bond donors (Lipinski definition) is 0. The average Bonchev–Trinajstić information content (AvgIpc) is 2.15. The Hall–Kier alpha value is -0.0900. The van der Waals surface area contributed by atoms with Gasteiger partial charge in [-0.25, -0.2) is 0 Å². The fourth-order valence-corrected chi connectivity index (χ4v) is 1.47. The Labute approximate surface area is 81.2 Å². The molecular weight excluding hydrogens is 222 g/mol. The number of hydrogen-bond acceptors (Lipinski definition) is 2. The van der Waals surface area contributed by atoms with Crippen molar-refractivity contribution in [2.24, 2.45) is 0 Å². The van der Waals surface area contributed by atoms with Crippen LogP contribution in [0.2, 0.25) is 0 Å². The van der Waals surface area contributed by atoms with E-state index in [0.29, 0.717) is 19.6 Å². The van der Waals surface area contributed by atoms with Crippen molar-refractivity contribution in [3.63, 3.8) is 0 Å². The van der Waals surface area contributed by atoms with E-state index in [9.17, 15) is 4.79 Å². The van der Waals surface area contributed by atoms with E-state index in [-0.39, 0.29) is 5.91 Å². The molecule has 70 valence electrons. The molecule has 0 atom stereocenters. The van der Waals surface area contributed by atoms with Gasteiger partial charge in [0.15, 0.2) is 0 Å². The summed E-state index contributed by atoms with van der Waals surface area (Å²) in [6, 6.07) is 0. The Morgan fingerprint density at radius 1 is 1.42 bits per heavy atom. The van der Waals surface area contributed by atoms with E-state index in [1.54, 1.807) is 0 Å². The van der Waals surface area contributed by atoms with Crippen LogP contribution >= 0.6 is 15.9 Å². The number of ether oxygens (including phenoxy) is 1. The minimum atomic E-state index is 0.262. The van der Waals surface area contributed by atoms with E-state index in [4.69, 9.17) is 4.74 Å². The lowest BCUT2D eigenvalue weighted by molar-refractivity contribution is -0.135. The number of carbonyl (C=O) groups is 1. The van der Waals surface area contributed by atoms with Crippen LogP contribution in [0, 0.1) is 0 Å². The normalized spacial score (nSPS) is 17.9. The molecule has 0 aromatic heterocycles. The Kier molecular flexibility index (Phi) is 4.61. The largest absolute Gasteiger partial charge is 0.378 e. The van der Waals surface area contributed by atoms with Crippen molar-refractivity contribution in [1.82, 2.24) is 4.90 Å². The Morgan fingerprint density at radius 3 is 2.67 bits per heavy atom. The molecule has 0 spiro atoms. The van der Waals surface area contributed by atoms with Gasteiger partial charge in [0.1, 0.15) is 0 Å². The van der Waals surface area contributed by atoms with E-state index in [1.165, 1.54) is 0 Å². The van der Waals surface area contributed by atoms with Gasteiger partial charge in [-0.3, -0.25) is 4.79 Å². The molecule has 1 saturated heterocycles. The molecule has 0 saturated carbocycles. The molecule has 0 N–H and O–H groups in total. The van der Waals surface area contributed by atoms with Gasteiger partial charge >= 0.3 is 0 Å². The fourth-order valence-electron chi connectivity index (χ4n) is 1.19. The third-order valence-electron chi connectivity index (χ3n) is 1.89. The monoisotopic (exact) mass is 235 g/mol. The second kappa shape index (κ2) is 5.54. The van der Waals surface area contributed by atoms with Crippen LogP contribution in [-0.2, 0) is 9.53 Å². The molecule has 3 nitrogen and oxygen atoms in total. The number of amides is 1. The van der Waals surface area contributed by atoms with Crippen molar-refractivity contribution in [1.29, 1.82) is 0 Å². The van der Waals surface area contributed by atoms with Crippen LogP contribution in [0.5, 0.6) is 0 Å². The predicted octanol–water partition coefficient (Wildman–Crippen LogP) is 1.02. The van der Waals surface area contributed by atoms with E-state index in [2.05, 4.69) is 15.9 Å². The molecule has 1 aliphatic heterocycles. The van der Waals surface area contributed by atoms with Gasteiger partial charge in [0.2, 0.25) is 5.91 Å². The predicted molar refractivity (Wildman–Crippen MR) is 50.4 cm³/mol. The second-order valence-electron chi connectivity index (χ2n) is 2.79. The number of rotatable bonds is 3. The summed E-state index contributed by atoms with van der Waals surface area (Å²) in [4.78, 5) is 13.3. The van der Waals surface area contributed by atoms with E-state index < -0.39 is 0 Å². The molecule has 1 fully saturated rings. The molecule has 1 rings (SSSR count). The van der Waals surface area contributed by atoms with Crippen LogP contribution in [0.15, 0.2) is 0 Å². The SMILES string of the molecule is O=C(CCCBr)N1CCOCC1. The highest BCUT2D eigenvalue weighted by Crippen LogP contribution is 2.03. The molecule has 0 aromatic rings. The molecule has 1 amide bonds. The molecule has 4 heteroatoms. The minimum Gasteiger partial charge on any atom is -0.378 e. The van der Waals surface area contributed by atoms with Gasteiger partial charge in [-0.15, -0.1) is 0 Å². The lowest BCUT2D eigenvalue weighted by atomic mass is 10.3. The van der Waals surface area contributed by atoms with Gasteiger partial charge in [-0.05, 0) is 6.42 Å². The van der Waals surface area contributed by atoms with Gasteiger partial charge in [0.25, 0.3) is 0 Å². The van der Waals surface area contributed by atoms with Crippen LogP contribution < -0.4 is 0 Å². The quantitative estimate of drug-likeness (QED) is 0.684. The highest BCUT2D eigenvalue weighted by Gasteiger charge is 2.15. The number of carbonyl (C=O) groups excluding carboxylic acids is 1. The zero-order valence-corrected chi connectivity index (χ0v) is 8.68. The van der Waals surface area contributed by atoms with E-state index >= 15 is 0 Å². The maximum atomic E-state index is 11.4. The number of morpholine rings is 1. The average molecular weight is 236 g/mol. The topological polar surface area (TPSA) is 29.5 Å². The molecular formula is C8H14BrNO2. The summed E-state index contributed by atoms with van der Waals surface area (Å²) in [6.07, 6.45) is 1.58. The molecule has 0 radical (unpaired) electrons. The molecule has 1 heterocycles. The van der Waals surface area contributed by atoms with Gasteiger partial charge in [-0.1, -0.05) is 15.9 Å². The van der Waals surface area contributed by atoms with Crippen molar-refractivity contribution >= 4 is 21.8 Å². The molecule has 12 heavy (non-hydrogen) atoms. The first-order valence-corrected chi connectivity index (χ1v) is 5.38. The second-order valence-corrected chi connectivity index (χ2v) is 3.58. The zero-order valence-electron chi connectivity index (χ0n) is 7.09. The summed E-state index contributed by atoms with van der Waals surface area (Å²) in [5, 5.41) is 0.906. The lowest BCUT2D eigenvalue weighted by Crippen LogP contribution is -2.40. The fraction of sp³-hybridized carbons (Fsp3) is 0.875. The van der Waals surface area contributed by atoms with Crippen LogP contribution in [0.25, 0.3) is 0 Å². The van der Waals surface area contributed by atoms with Crippen molar-refractivity contribution in [2.45, 2.75) is 12.8 Å². The summed E-state index contributed by atoms with van der Waals surface area (Å²) in [6.45, 7) is 2.92. The van der Waals surface area contributed by atoms with Crippen LogP contribution in [-0.4, -0.2) is 42.4 Å². The van der Waals surface area contributed by atoms with E-state index in [0.717, 1.165) is 24.8 Å². The highest BCUT2D eigenvalue weighted by molar-refractivity contribution is 9.09. The third-order valence-corrected chi connectivity index (χ3v) is 2.45. The zero-order chi connectivity index (χ0) is 8.81. The Bertz CT molecular complexity index is 146. The molecule has 0 aromatic carbocycles. The van der Waals surface area contributed by atoms with E-state index in [1.807, 2.05) is 4.90 Å². The number of alkyl halides is 1. The van der Waals surface area contributed by atoms with Crippen molar-refractivity contribution in [2.75, 3.05) is 31.6 Å². The van der Waals surface area contributed by atoms with Gasteiger partial charge in [0.05, 0.1) is 13.2 Å². The standard InChI is InChI=1S/C8H14BrNO2/c9-3-1-2-8(11)10-4-6-12-7-5-10/h1-7H2. The van der Waals surface area contributed by atoms with Gasteiger partial charge < -0.3 is 9.64 Å². The lowest BCUT2D eigenvalue weighted by Gasteiger charge is -2.26. The van der Waals surface area contributed by atoms with Crippen molar-refractivity contribution < 1.29 is 9.53 Å². The third kappa shape index (κ3) is 3.11. The smallest absolute Gasteiger partial charge is 0.222 e. The van der Waals surface area contributed by atoms with Crippen molar-refractivity contribution in [3.8, 4) is 0 Å². The minimum absolute atomic E-state index is 0.262. The van der Waals surface area contributed by atoms with Crippen molar-refractivity contribution in [3.05, 3.63) is 0 Å². The van der Waals surface area contributed by atoms with Gasteiger partial charge in [-0.2, -0.15) is 0 Å². The summed E-state index contributed by atoms with van der Waals surface area (Å²) < 4.78 is 5.15. The Morgan fingerprint density at radius 2 is 2.08 bits per heavy atom. The van der Waals surface area contributed by atoms with Crippen LogP contribution in [0.1, 0.15) is 12.8 Å². The highest BCUT2D eigenvalue weighted by atomic mass is 79.9. The number of halogens is 1. The maximum absolute atomic E-state index is 11.4. The molecule has 0 unspecified atom stereocenters. The first-order valence-electron chi connectivity index (χ1n) is 4.26. The summed E-state index contributed by atoms with van der Waals surface area (Å²) in [5.74, 6) is 0.262. The first-order chi connectivity index (χ1) is 5.84. The van der Waals surface area contributed by atoms with Gasteiger partial charge in [0, 0.05) is 24.8 Å². The molecule has 0 aliphatic carbocycles. The number of nitrogens with zero attached hydrogens (tertiary/aromatic N) is 1. The molecule has 0 bridgehead atoms. The van der Waals surface area contributed by atoms with Crippen LogP contribution in [0.4, 0.5) is 0 Å². The maximum Gasteiger partial charge on any atom is 0.222 e.